The van der Waals surface area contributed by atoms with Crippen LogP contribution in [0.1, 0.15) is 53.4 Å². The number of benzene rings is 2. The van der Waals surface area contributed by atoms with Crippen LogP contribution in [0.3, 0.4) is 0 Å². The molecular formula is C23H26ClN3O3S. The third-order valence-corrected chi connectivity index (χ3v) is 5.84. The Morgan fingerprint density at radius 2 is 1.74 bits per heavy atom. The van der Waals surface area contributed by atoms with Gasteiger partial charge in [0.2, 0.25) is 0 Å². The summed E-state index contributed by atoms with van der Waals surface area (Å²) in [7, 11) is 0. The Morgan fingerprint density at radius 1 is 1.10 bits per heavy atom. The van der Waals surface area contributed by atoms with E-state index in [4.69, 9.17) is 16.3 Å². The highest BCUT2D eigenvalue weighted by atomic mass is 35.5. The number of hydrogen-bond donors (Lipinski definition) is 2. The lowest BCUT2D eigenvalue weighted by atomic mass is 10.00. The molecule has 164 valence electrons. The number of fused-ring (bicyclic) bond motifs is 1. The molecule has 2 N–H and O–H groups in total. The second-order valence-corrected chi connectivity index (χ2v) is 9.94. The van der Waals surface area contributed by atoms with E-state index in [0.717, 1.165) is 21.4 Å². The van der Waals surface area contributed by atoms with Crippen LogP contribution in [0, 0.1) is 20.8 Å². The van der Waals surface area contributed by atoms with Crippen LogP contribution in [0.25, 0.3) is 10.2 Å². The number of aromatic nitrogens is 1. The van der Waals surface area contributed by atoms with E-state index < -0.39 is 11.7 Å². The number of carbonyl (C=O) groups is 2. The van der Waals surface area contributed by atoms with Crippen molar-refractivity contribution >= 4 is 50.3 Å². The molecule has 31 heavy (non-hydrogen) atoms. The summed E-state index contributed by atoms with van der Waals surface area (Å²) in [5.74, 6) is -0.263. The SMILES string of the molecule is Cc1cc(C)c(CNC(=O)c2cc3sc(NC(=O)OC(C)(C)C)nc3cc2Cl)c(C)c1. The van der Waals surface area contributed by atoms with Gasteiger partial charge in [0.15, 0.2) is 5.13 Å². The largest absolute Gasteiger partial charge is 0.444 e. The van der Waals surface area contributed by atoms with Gasteiger partial charge in [-0.05, 0) is 70.4 Å². The van der Waals surface area contributed by atoms with Crippen molar-refractivity contribution in [3.63, 3.8) is 0 Å². The Bertz CT molecular complexity index is 1140. The van der Waals surface area contributed by atoms with E-state index >= 15 is 0 Å². The topological polar surface area (TPSA) is 80.3 Å². The highest BCUT2D eigenvalue weighted by Crippen LogP contribution is 2.31. The van der Waals surface area contributed by atoms with Crippen LogP contribution in [-0.2, 0) is 11.3 Å². The number of halogens is 1. The van der Waals surface area contributed by atoms with Crippen molar-refractivity contribution in [3.05, 3.63) is 57.1 Å². The first-order valence-corrected chi connectivity index (χ1v) is 11.1. The number of nitrogens with zero attached hydrogens (tertiary/aromatic N) is 1. The van der Waals surface area contributed by atoms with Gasteiger partial charge in [-0.25, -0.2) is 9.78 Å². The van der Waals surface area contributed by atoms with Crippen molar-refractivity contribution in [1.82, 2.24) is 10.3 Å². The third-order valence-electron chi connectivity index (χ3n) is 4.60. The molecule has 8 heteroatoms. The van der Waals surface area contributed by atoms with E-state index in [0.29, 0.717) is 27.8 Å². The molecule has 0 bridgehead atoms. The predicted octanol–water partition coefficient (Wildman–Crippen LogP) is 6.15. The lowest BCUT2D eigenvalue weighted by molar-refractivity contribution is 0.0635. The minimum atomic E-state index is -0.608. The number of ether oxygens (including phenoxy) is 1. The van der Waals surface area contributed by atoms with Crippen LogP contribution in [0.15, 0.2) is 24.3 Å². The van der Waals surface area contributed by atoms with Gasteiger partial charge < -0.3 is 10.1 Å². The molecule has 0 fully saturated rings. The highest BCUT2D eigenvalue weighted by molar-refractivity contribution is 7.22. The average Bonchev–Trinajstić information content (AvgIpc) is 2.98. The Balaban J connectivity index is 1.77. The molecule has 0 atom stereocenters. The predicted molar refractivity (Wildman–Crippen MR) is 126 cm³/mol. The fourth-order valence-electron chi connectivity index (χ4n) is 3.32. The lowest BCUT2D eigenvalue weighted by Gasteiger charge is -2.18. The molecule has 0 saturated carbocycles. The Labute approximate surface area is 191 Å². The average molecular weight is 460 g/mol. The number of rotatable bonds is 4. The molecule has 0 aliphatic carbocycles. The second kappa shape index (κ2) is 8.85. The van der Waals surface area contributed by atoms with E-state index in [1.165, 1.54) is 16.9 Å². The number of amides is 2. The molecule has 0 saturated heterocycles. The minimum Gasteiger partial charge on any atom is -0.444 e. The maximum atomic E-state index is 12.8. The van der Waals surface area contributed by atoms with Gasteiger partial charge in [-0.15, -0.1) is 0 Å². The smallest absolute Gasteiger partial charge is 0.413 e. The van der Waals surface area contributed by atoms with Crippen LogP contribution < -0.4 is 10.6 Å². The van der Waals surface area contributed by atoms with E-state index in [2.05, 4.69) is 34.7 Å². The van der Waals surface area contributed by atoms with Gasteiger partial charge in [-0.3, -0.25) is 10.1 Å². The summed E-state index contributed by atoms with van der Waals surface area (Å²) >= 11 is 7.61. The van der Waals surface area contributed by atoms with Crippen molar-refractivity contribution in [2.45, 2.75) is 53.7 Å². The molecule has 3 rings (SSSR count). The summed E-state index contributed by atoms with van der Waals surface area (Å²) < 4.78 is 5.99. The summed E-state index contributed by atoms with van der Waals surface area (Å²) in [6.45, 7) is 11.9. The fraction of sp³-hybridized carbons (Fsp3) is 0.348. The van der Waals surface area contributed by atoms with Gasteiger partial charge in [0.05, 0.1) is 20.8 Å². The van der Waals surface area contributed by atoms with Crippen molar-refractivity contribution < 1.29 is 14.3 Å². The second-order valence-electron chi connectivity index (χ2n) is 8.51. The van der Waals surface area contributed by atoms with Crippen LogP contribution in [0.4, 0.5) is 9.93 Å². The minimum absolute atomic E-state index is 0.263. The van der Waals surface area contributed by atoms with Crippen LogP contribution >= 0.6 is 22.9 Å². The maximum Gasteiger partial charge on any atom is 0.413 e. The zero-order valence-electron chi connectivity index (χ0n) is 18.5. The molecule has 6 nitrogen and oxygen atoms in total. The van der Waals surface area contributed by atoms with Gasteiger partial charge in [0, 0.05) is 6.54 Å². The van der Waals surface area contributed by atoms with Gasteiger partial charge in [-0.1, -0.05) is 40.6 Å². The number of anilines is 1. The molecule has 2 aromatic carbocycles. The number of carbonyl (C=O) groups excluding carboxylic acids is 2. The molecule has 0 aliphatic rings. The standard InChI is InChI=1S/C23H26ClN3O3S/c1-12-7-13(2)16(14(3)8-12)11-25-20(28)15-9-19-18(10-17(15)24)26-21(31-19)27-22(29)30-23(4,5)6/h7-10H,11H2,1-6H3,(H,25,28)(H,26,27,29). The quantitative estimate of drug-likeness (QED) is 0.490. The van der Waals surface area contributed by atoms with Crippen molar-refractivity contribution in [3.8, 4) is 0 Å². The Hall–Kier alpha value is -2.64. The zero-order chi connectivity index (χ0) is 22.9. The maximum absolute atomic E-state index is 12.8. The normalized spacial score (nSPS) is 11.5. The summed E-state index contributed by atoms with van der Waals surface area (Å²) in [6.07, 6.45) is -0.584. The molecule has 0 radical (unpaired) electrons. The molecule has 1 aromatic heterocycles. The summed E-state index contributed by atoms with van der Waals surface area (Å²) in [6, 6.07) is 7.53. The van der Waals surface area contributed by atoms with E-state index in [1.807, 2.05) is 13.8 Å². The summed E-state index contributed by atoms with van der Waals surface area (Å²) in [5.41, 5.74) is 4.92. The third kappa shape index (κ3) is 5.74. The monoisotopic (exact) mass is 459 g/mol. The van der Waals surface area contributed by atoms with E-state index in [9.17, 15) is 9.59 Å². The molecular weight excluding hydrogens is 434 g/mol. The first kappa shape index (κ1) is 23.0. The van der Waals surface area contributed by atoms with Crippen molar-refractivity contribution in [2.24, 2.45) is 0 Å². The van der Waals surface area contributed by atoms with Crippen LogP contribution in [0.2, 0.25) is 5.02 Å². The zero-order valence-corrected chi connectivity index (χ0v) is 20.0. The van der Waals surface area contributed by atoms with E-state index in [1.54, 1.807) is 32.9 Å². The molecule has 2 amide bonds. The molecule has 0 aliphatic heterocycles. The highest BCUT2D eigenvalue weighted by Gasteiger charge is 2.19. The van der Waals surface area contributed by atoms with Gasteiger partial charge in [0.1, 0.15) is 5.60 Å². The molecule has 0 spiro atoms. The summed E-state index contributed by atoms with van der Waals surface area (Å²) in [5, 5.41) is 6.26. The number of thiazole rings is 1. The van der Waals surface area contributed by atoms with Crippen molar-refractivity contribution in [2.75, 3.05) is 5.32 Å². The number of aryl methyl sites for hydroxylation is 3. The van der Waals surface area contributed by atoms with Gasteiger partial charge >= 0.3 is 6.09 Å². The number of nitrogens with one attached hydrogen (secondary N) is 2. The molecule has 0 unspecified atom stereocenters. The van der Waals surface area contributed by atoms with Gasteiger partial charge in [-0.2, -0.15) is 0 Å². The molecule has 3 aromatic rings. The Morgan fingerprint density at radius 3 is 2.35 bits per heavy atom. The molecule has 1 heterocycles. The lowest BCUT2D eigenvalue weighted by Crippen LogP contribution is -2.27. The Kier molecular flexibility index (Phi) is 6.57. The first-order chi connectivity index (χ1) is 14.4. The van der Waals surface area contributed by atoms with Crippen LogP contribution in [0.5, 0.6) is 0 Å². The van der Waals surface area contributed by atoms with Crippen LogP contribution in [-0.4, -0.2) is 22.6 Å². The first-order valence-electron chi connectivity index (χ1n) is 9.88. The summed E-state index contributed by atoms with van der Waals surface area (Å²) in [4.78, 5) is 29.2. The van der Waals surface area contributed by atoms with E-state index in [-0.39, 0.29) is 5.91 Å². The fourth-order valence-corrected chi connectivity index (χ4v) is 4.44. The number of hydrogen-bond acceptors (Lipinski definition) is 5. The van der Waals surface area contributed by atoms with Crippen molar-refractivity contribution in [1.29, 1.82) is 0 Å². The van der Waals surface area contributed by atoms with Gasteiger partial charge in [0.25, 0.3) is 5.91 Å².